The molecule has 2 aromatic rings. The molecule has 2 aromatic carbocycles. The van der Waals surface area contributed by atoms with Gasteiger partial charge in [0.15, 0.2) is 11.5 Å². The largest absolute Gasteiger partial charge is 0.507 e. The third-order valence-corrected chi connectivity index (χ3v) is 3.38. The standard InChI is InChI=1S/C17H16N2O4/c1-11-2-4-14(20)13(6-11)9-18-19-17(21)8-12-3-5-15-16(7-12)23-10-22-15/h2-7,9,20H,8,10H2,1H3,(H,19,21)/b18-9+. The molecule has 0 spiro atoms. The fourth-order valence-corrected chi connectivity index (χ4v) is 2.23. The number of aryl methyl sites for hydroxylation is 1. The van der Waals surface area contributed by atoms with Crippen LogP contribution in [0.5, 0.6) is 17.2 Å². The molecule has 0 fully saturated rings. The van der Waals surface area contributed by atoms with E-state index in [1.54, 1.807) is 30.3 Å². The number of nitrogens with one attached hydrogen (secondary N) is 1. The van der Waals surface area contributed by atoms with Crippen molar-refractivity contribution in [1.29, 1.82) is 0 Å². The van der Waals surface area contributed by atoms with Crippen LogP contribution in [0.1, 0.15) is 16.7 Å². The lowest BCUT2D eigenvalue weighted by Crippen LogP contribution is -2.19. The molecule has 1 heterocycles. The normalized spacial score (nSPS) is 12.6. The van der Waals surface area contributed by atoms with Crippen LogP contribution in [0.15, 0.2) is 41.5 Å². The molecule has 1 amide bonds. The van der Waals surface area contributed by atoms with Crippen molar-refractivity contribution in [3.8, 4) is 17.2 Å². The summed E-state index contributed by atoms with van der Waals surface area (Å²) in [6.07, 6.45) is 1.59. The van der Waals surface area contributed by atoms with Crippen molar-refractivity contribution < 1.29 is 19.4 Å². The molecular formula is C17H16N2O4. The molecule has 1 aliphatic heterocycles. The molecular weight excluding hydrogens is 296 g/mol. The molecule has 1 aliphatic rings. The number of phenolic OH excluding ortho intramolecular Hbond substituents is 1. The van der Waals surface area contributed by atoms with E-state index in [-0.39, 0.29) is 24.9 Å². The second kappa shape index (κ2) is 6.39. The third-order valence-electron chi connectivity index (χ3n) is 3.38. The van der Waals surface area contributed by atoms with Crippen LogP contribution in [0, 0.1) is 6.92 Å². The Hall–Kier alpha value is -3.02. The first-order chi connectivity index (χ1) is 11.1. The zero-order chi connectivity index (χ0) is 16.2. The van der Waals surface area contributed by atoms with Crippen LogP contribution in [0.25, 0.3) is 0 Å². The molecule has 0 aliphatic carbocycles. The quantitative estimate of drug-likeness (QED) is 0.669. The number of amides is 1. The van der Waals surface area contributed by atoms with Gasteiger partial charge >= 0.3 is 0 Å². The summed E-state index contributed by atoms with van der Waals surface area (Å²) >= 11 is 0. The SMILES string of the molecule is Cc1ccc(O)c(/C=N/NC(=O)Cc2ccc3c(c2)OCO3)c1. The zero-order valence-electron chi connectivity index (χ0n) is 12.6. The van der Waals surface area contributed by atoms with E-state index in [9.17, 15) is 9.90 Å². The van der Waals surface area contributed by atoms with Gasteiger partial charge in [-0.05, 0) is 36.8 Å². The van der Waals surface area contributed by atoms with Crippen molar-refractivity contribution in [3.05, 3.63) is 53.1 Å². The van der Waals surface area contributed by atoms with Crippen LogP contribution in [-0.4, -0.2) is 24.0 Å². The van der Waals surface area contributed by atoms with Gasteiger partial charge in [-0.1, -0.05) is 17.7 Å². The van der Waals surface area contributed by atoms with Crippen molar-refractivity contribution >= 4 is 12.1 Å². The number of aromatic hydroxyl groups is 1. The number of hydrogen-bond donors (Lipinski definition) is 2. The number of phenols is 1. The number of hydrazone groups is 1. The van der Waals surface area contributed by atoms with Crippen LogP contribution in [0.2, 0.25) is 0 Å². The molecule has 23 heavy (non-hydrogen) atoms. The van der Waals surface area contributed by atoms with Gasteiger partial charge in [-0.25, -0.2) is 5.43 Å². The lowest BCUT2D eigenvalue weighted by atomic mass is 10.1. The summed E-state index contributed by atoms with van der Waals surface area (Å²) in [5.41, 5.74) is 4.79. The number of rotatable bonds is 4. The van der Waals surface area contributed by atoms with Crippen molar-refractivity contribution in [1.82, 2.24) is 5.43 Å². The Kier molecular flexibility index (Phi) is 4.14. The van der Waals surface area contributed by atoms with Crippen LogP contribution in [0.4, 0.5) is 0 Å². The van der Waals surface area contributed by atoms with Crippen LogP contribution >= 0.6 is 0 Å². The van der Waals surface area contributed by atoms with Crippen molar-refractivity contribution in [2.75, 3.05) is 6.79 Å². The maximum atomic E-state index is 11.9. The second-order valence-corrected chi connectivity index (χ2v) is 5.22. The Bertz CT molecular complexity index is 771. The first-order valence-electron chi connectivity index (χ1n) is 7.12. The molecule has 0 atom stereocenters. The Balaban J connectivity index is 1.59. The molecule has 2 N–H and O–H groups in total. The zero-order valence-corrected chi connectivity index (χ0v) is 12.6. The molecule has 6 nitrogen and oxygen atoms in total. The summed E-state index contributed by atoms with van der Waals surface area (Å²) in [6, 6.07) is 10.5. The lowest BCUT2D eigenvalue weighted by Gasteiger charge is -2.03. The van der Waals surface area contributed by atoms with Crippen LogP contribution < -0.4 is 14.9 Å². The van der Waals surface area contributed by atoms with Gasteiger partial charge in [-0.3, -0.25) is 4.79 Å². The monoisotopic (exact) mass is 312 g/mol. The minimum atomic E-state index is -0.257. The van der Waals surface area contributed by atoms with Crippen LogP contribution in [0.3, 0.4) is 0 Å². The molecule has 118 valence electrons. The molecule has 0 aromatic heterocycles. The van der Waals surface area contributed by atoms with Crippen LogP contribution in [-0.2, 0) is 11.2 Å². The molecule has 6 heteroatoms. The van der Waals surface area contributed by atoms with E-state index in [0.717, 1.165) is 11.1 Å². The van der Waals surface area contributed by atoms with Gasteiger partial charge in [0.2, 0.25) is 12.7 Å². The van der Waals surface area contributed by atoms with E-state index >= 15 is 0 Å². The van der Waals surface area contributed by atoms with E-state index in [1.165, 1.54) is 6.21 Å². The molecule has 0 saturated carbocycles. The van der Waals surface area contributed by atoms with E-state index in [4.69, 9.17) is 9.47 Å². The van der Waals surface area contributed by atoms with Gasteiger partial charge in [0.05, 0.1) is 12.6 Å². The Labute approximate surface area is 133 Å². The number of benzene rings is 2. The maximum absolute atomic E-state index is 11.9. The number of fused-ring (bicyclic) bond motifs is 1. The first kappa shape index (κ1) is 14.9. The minimum Gasteiger partial charge on any atom is -0.507 e. The Morgan fingerprint density at radius 2 is 2.09 bits per heavy atom. The molecule has 0 radical (unpaired) electrons. The molecule has 0 bridgehead atoms. The van der Waals surface area contributed by atoms with Gasteiger partial charge in [0, 0.05) is 5.56 Å². The summed E-state index contributed by atoms with van der Waals surface area (Å²) in [5, 5.41) is 13.6. The first-order valence-corrected chi connectivity index (χ1v) is 7.12. The molecule has 3 rings (SSSR count). The molecule has 0 saturated heterocycles. The van der Waals surface area contributed by atoms with E-state index in [0.29, 0.717) is 17.1 Å². The second-order valence-electron chi connectivity index (χ2n) is 5.22. The number of carbonyl (C=O) groups excluding carboxylic acids is 1. The fraction of sp³-hybridized carbons (Fsp3) is 0.176. The fourth-order valence-electron chi connectivity index (χ4n) is 2.23. The average molecular weight is 312 g/mol. The number of carbonyl (C=O) groups is 1. The summed E-state index contributed by atoms with van der Waals surface area (Å²) in [5.74, 6) is 1.18. The predicted octanol–water partition coefficient (Wildman–Crippen LogP) is 2.12. The maximum Gasteiger partial charge on any atom is 0.244 e. The highest BCUT2D eigenvalue weighted by atomic mass is 16.7. The van der Waals surface area contributed by atoms with Gasteiger partial charge in [-0.15, -0.1) is 0 Å². The summed E-state index contributed by atoms with van der Waals surface area (Å²) < 4.78 is 10.5. The third kappa shape index (κ3) is 3.60. The van der Waals surface area contributed by atoms with Gasteiger partial charge in [0.25, 0.3) is 0 Å². The summed E-state index contributed by atoms with van der Waals surface area (Å²) in [7, 11) is 0. The number of hydrogen-bond acceptors (Lipinski definition) is 5. The molecule has 0 unspecified atom stereocenters. The smallest absolute Gasteiger partial charge is 0.244 e. The average Bonchev–Trinajstić information content (AvgIpc) is 2.98. The highest BCUT2D eigenvalue weighted by molar-refractivity contribution is 5.85. The van der Waals surface area contributed by atoms with E-state index < -0.39 is 0 Å². The van der Waals surface area contributed by atoms with Gasteiger partial charge in [0.1, 0.15) is 5.75 Å². The summed E-state index contributed by atoms with van der Waals surface area (Å²) in [6.45, 7) is 2.12. The van der Waals surface area contributed by atoms with Crippen molar-refractivity contribution in [2.24, 2.45) is 5.10 Å². The highest BCUT2D eigenvalue weighted by Gasteiger charge is 2.14. The lowest BCUT2D eigenvalue weighted by molar-refractivity contribution is -0.120. The predicted molar refractivity (Wildman–Crippen MR) is 84.8 cm³/mol. The van der Waals surface area contributed by atoms with E-state index in [2.05, 4.69) is 10.5 Å². The van der Waals surface area contributed by atoms with E-state index in [1.807, 2.05) is 13.0 Å². The summed E-state index contributed by atoms with van der Waals surface area (Å²) in [4.78, 5) is 11.9. The highest BCUT2D eigenvalue weighted by Crippen LogP contribution is 2.32. The van der Waals surface area contributed by atoms with Crippen molar-refractivity contribution in [3.63, 3.8) is 0 Å². The Morgan fingerprint density at radius 1 is 1.26 bits per heavy atom. The number of ether oxygens (including phenoxy) is 2. The topological polar surface area (TPSA) is 80.2 Å². The van der Waals surface area contributed by atoms with Gasteiger partial charge < -0.3 is 14.6 Å². The van der Waals surface area contributed by atoms with Crippen molar-refractivity contribution in [2.45, 2.75) is 13.3 Å². The Morgan fingerprint density at radius 3 is 2.96 bits per heavy atom. The number of nitrogens with zero attached hydrogens (tertiary/aromatic N) is 1. The van der Waals surface area contributed by atoms with Gasteiger partial charge in [-0.2, -0.15) is 5.10 Å². The minimum absolute atomic E-state index is 0.115.